The number of nitrogens with zero attached hydrogens (tertiary/aromatic N) is 1. The predicted octanol–water partition coefficient (Wildman–Crippen LogP) is 2.96. The van der Waals surface area contributed by atoms with Gasteiger partial charge in [0.1, 0.15) is 0 Å². The standard InChI is InChI=1S/C18H17ClN2O3/c1-23-17-10-14(11-20)4-7-16(17)24-12-18(22)21-9-8-13-2-5-15(19)6-3-13/h2-7,10H,8-9,12H2,1H3,(H,21,22). The van der Waals surface area contributed by atoms with E-state index in [4.69, 9.17) is 26.3 Å². The Bertz CT molecular complexity index is 739. The van der Waals surface area contributed by atoms with Crippen LogP contribution in [0.3, 0.4) is 0 Å². The Hall–Kier alpha value is -2.71. The third kappa shape index (κ3) is 5.18. The average molecular weight is 345 g/mol. The van der Waals surface area contributed by atoms with Crippen molar-refractivity contribution in [2.45, 2.75) is 6.42 Å². The maximum absolute atomic E-state index is 11.8. The van der Waals surface area contributed by atoms with E-state index in [9.17, 15) is 4.79 Å². The summed E-state index contributed by atoms with van der Waals surface area (Å²) in [5.41, 5.74) is 1.56. The lowest BCUT2D eigenvalue weighted by atomic mass is 10.1. The van der Waals surface area contributed by atoms with Crippen molar-refractivity contribution in [3.63, 3.8) is 0 Å². The number of amides is 1. The van der Waals surface area contributed by atoms with Crippen molar-refractivity contribution in [2.24, 2.45) is 0 Å². The molecule has 2 rings (SSSR count). The highest BCUT2D eigenvalue weighted by Crippen LogP contribution is 2.27. The monoisotopic (exact) mass is 344 g/mol. The number of benzene rings is 2. The fraction of sp³-hybridized carbons (Fsp3) is 0.222. The van der Waals surface area contributed by atoms with Gasteiger partial charge in [-0.1, -0.05) is 23.7 Å². The van der Waals surface area contributed by atoms with E-state index in [-0.39, 0.29) is 12.5 Å². The van der Waals surface area contributed by atoms with Gasteiger partial charge < -0.3 is 14.8 Å². The Labute approximate surface area is 145 Å². The average Bonchev–Trinajstić information content (AvgIpc) is 2.61. The molecule has 0 aromatic heterocycles. The summed E-state index contributed by atoms with van der Waals surface area (Å²) >= 11 is 5.83. The van der Waals surface area contributed by atoms with Crippen molar-refractivity contribution in [1.29, 1.82) is 5.26 Å². The predicted molar refractivity (Wildman–Crippen MR) is 91.4 cm³/mol. The quantitative estimate of drug-likeness (QED) is 0.838. The highest BCUT2D eigenvalue weighted by atomic mass is 35.5. The zero-order chi connectivity index (χ0) is 17.4. The Morgan fingerprint density at radius 3 is 2.62 bits per heavy atom. The summed E-state index contributed by atoms with van der Waals surface area (Å²) in [7, 11) is 1.48. The van der Waals surface area contributed by atoms with Crippen LogP contribution < -0.4 is 14.8 Å². The van der Waals surface area contributed by atoms with E-state index >= 15 is 0 Å². The molecule has 0 saturated heterocycles. The molecule has 0 aliphatic rings. The van der Waals surface area contributed by atoms with E-state index in [0.29, 0.717) is 35.1 Å². The second-order valence-corrected chi connectivity index (χ2v) is 5.43. The molecule has 1 N–H and O–H groups in total. The molecular weight excluding hydrogens is 328 g/mol. The van der Waals surface area contributed by atoms with Crippen molar-refractivity contribution >= 4 is 17.5 Å². The summed E-state index contributed by atoms with van der Waals surface area (Å²) in [6, 6.07) is 14.3. The third-order valence-corrected chi connectivity index (χ3v) is 3.55. The molecule has 0 fully saturated rings. The van der Waals surface area contributed by atoms with Crippen LogP contribution in [-0.4, -0.2) is 26.2 Å². The zero-order valence-electron chi connectivity index (χ0n) is 13.2. The van der Waals surface area contributed by atoms with E-state index in [1.807, 2.05) is 30.3 Å². The van der Waals surface area contributed by atoms with Crippen molar-refractivity contribution < 1.29 is 14.3 Å². The van der Waals surface area contributed by atoms with Gasteiger partial charge in [-0.15, -0.1) is 0 Å². The number of halogens is 1. The van der Waals surface area contributed by atoms with Crippen molar-refractivity contribution in [2.75, 3.05) is 20.3 Å². The molecule has 2 aromatic carbocycles. The van der Waals surface area contributed by atoms with Crippen LogP contribution in [0.25, 0.3) is 0 Å². The molecule has 2 aromatic rings. The lowest BCUT2D eigenvalue weighted by molar-refractivity contribution is -0.123. The topological polar surface area (TPSA) is 71.3 Å². The summed E-state index contributed by atoms with van der Waals surface area (Å²) in [4.78, 5) is 11.8. The first-order valence-electron chi connectivity index (χ1n) is 7.34. The van der Waals surface area contributed by atoms with Gasteiger partial charge >= 0.3 is 0 Å². The molecule has 24 heavy (non-hydrogen) atoms. The second-order valence-electron chi connectivity index (χ2n) is 4.99. The van der Waals surface area contributed by atoms with Crippen LogP contribution in [0, 0.1) is 11.3 Å². The molecule has 0 atom stereocenters. The highest BCUT2D eigenvalue weighted by Gasteiger charge is 2.08. The normalized spacial score (nSPS) is 9.88. The SMILES string of the molecule is COc1cc(C#N)ccc1OCC(=O)NCCc1ccc(Cl)cc1. The molecule has 0 spiro atoms. The van der Waals surface area contributed by atoms with Crippen LogP contribution in [0.15, 0.2) is 42.5 Å². The Balaban J connectivity index is 1.79. The van der Waals surface area contributed by atoms with Gasteiger partial charge in [0, 0.05) is 17.6 Å². The minimum absolute atomic E-state index is 0.122. The Morgan fingerprint density at radius 1 is 1.21 bits per heavy atom. The molecular formula is C18H17ClN2O3. The summed E-state index contributed by atoms with van der Waals surface area (Å²) in [5, 5.41) is 12.3. The first-order valence-corrected chi connectivity index (χ1v) is 7.72. The molecule has 1 amide bonds. The number of methoxy groups -OCH3 is 1. The first-order chi connectivity index (χ1) is 11.6. The fourth-order valence-electron chi connectivity index (χ4n) is 2.05. The molecule has 0 saturated carbocycles. The smallest absolute Gasteiger partial charge is 0.257 e. The maximum atomic E-state index is 11.8. The van der Waals surface area contributed by atoms with Gasteiger partial charge in [-0.05, 0) is 36.2 Å². The molecule has 0 radical (unpaired) electrons. The van der Waals surface area contributed by atoms with E-state index < -0.39 is 0 Å². The van der Waals surface area contributed by atoms with Gasteiger partial charge in [-0.2, -0.15) is 5.26 Å². The number of hydrogen-bond donors (Lipinski definition) is 1. The van der Waals surface area contributed by atoms with Gasteiger partial charge in [0.15, 0.2) is 18.1 Å². The maximum Gasteiger partial charge on any atom is 0.257 e. The Kier molecular flexibility index (Phi) is 6.47. The molecule has 0 bridgehead atoms. The van der Waals surface area contributed by atoms with E-state index in [0.717, 1.165) is 5.56 Å². The summed E-state index contributed by atoms with van der Waals surface area (Å²) < 4.78 is 10.6. The van der Waals surface area contributed by atoms with E-state index in [1.54, 1.807) is 18.2 Å². The second kappa shape index (κ2) is 8.80. The van der Waals surface area contributed by atoms with Crippen LogP contribution in [0.2, 0.25) is 5.02 Å². The van der Waals surface area contributed by atoms with Gasteiger partial charge in [0.05, 0.1) is 18.7 Å². The number of carbonyl (C=O) groups is 1. The molecule has 5 nitrogen and oxygen atoms in total. The molecule has 0 unspecified atom stereocenters. The lowest BCUT2D eigenvalue weighted by Gasteiger charge is -2.11. The van der Waals surface area contributed by atoms with Gasteiger partial charge in [0.25, 0.3) is 5.91 Å². The highest BCUT2D eigenvalue weighted by molar-refractivity contribution is 6.30. The largest absolute Gasteiger partial charge is 0.493 e. The number of ether oxygens (including phenoxy) is 2. The van der Waals surface area contributed by atoms with Gasteiger partial charge in [-0.3, -0.25) is 4.79 Å². The molecule has 6 heteroatoms. The summed E-state index contributed by atoms with van der Waals surface area (Å²) in [5.74, 6) is 0.614. The fourth-order valence-corrected chi connectivity index (χ4v) is 2.17. The number of hydrogen-bond acceptors (Lipinski definition) is 4. The van der Waals surface area contributed by atoms with Crippen molar-refractivity contribution in [3.8, 4) is 17.6 Å². The lowest BCUT2D eigenvalue weighted by Crippen LogP contribution is -2.30. The van der Waals surface area contributed by atoms with Crippen LogP contribution in [0.5, 0.6) is 11.5 Å². The minimum Gasteiger partial charge on any atom is -0.493 e. The molecule has 124 valence electrons. The molecule has 0 heterocycles. The van der Waals surface area contributed by atoms with Crippen LogP contribution in [-0.2, 0) is 11.2 Å². The number of nitrogens with one attached hydrogen (secondary N) is 1. The van der Waals surface area contributed by atoms with Crippen molar-refractivity contribution in [1.82, 2.24) is 5.32 Å². The first kappa shape index (κ1) is 17.6. The van der Waals surface area contributed by atoms with Gasteiger partial charge in [-0.25, -0.2) is 0 Å². The number of nitriles is 1. The summed E-state index contributed by atoms with van der Waals surface area (Å²) in [6.07, 6.45) is 0.711. The number of carbonyl (C=O) groups excluding carboxylic acids is 1. The zero-order valence-corrected chi connectivity index (χ0v) is 14.0. The molecule has 0 aliphatic carbocycles. The van der Waals surface area contributed by atoms with Crippen molar-refractivity contribution in [3.05, 3.63) is 58.6 Å². The molecule has 0 aliphatic heterocycles. The third-order valence-electron chi connectivity index (χ3n) is 3.30. The minimum atomic E-state index is -0.227. The van der Waals surface area contributed by atoms with Crippen LogP contribution >= 0.6 is 11.6 Å². The van der Waals surface area contributed by atoms with Crippen LogP contribution in [0.4, 0.5) is 0 Å². The van der Waals surface area contributed by atoms with Gasteiger partial charge in [0.2, 0.25) is 0 Å². The Morgan fingerprint density at radius 2 is 1.96 bits per heavy atom. The van der Waals surface area contributed by atoms with E-state index in [2.05, 4.69) is 5.32 Å². The van der Waals surface area contributed by atoms with Crippen LogP contribution in [0.1, 0.15) is 11.1 Å². The summed E-state index contributed by atoms with van der Waals surface area (Å²) in [6.45, 7) is 0.386. The number of rotatable bonds is 7. The van der Waals surface area contributed by atoms with E-state index in [1.165, 1.54) is 7.11 Å².